The average molecular weight is 135 g/mol. The second-order valence-electron chi connectivity index (χ2n) is 2.04. The largest absolute Gasteiger partial charge is 0.288 e. The normalized spacial score (nSPS) is 24.8. The zero-order chi connectivity index (χ0) is 5.98. The van der Waals surface area contributed by atoms with Crippen LogP contribution in [0.15, 0.2) is 0 Å². The first-order valence-corrected chi connectivity index (χ1v) is 3.30. The van der Waals surface area contributed by atoms with Crippen molar-refractivity contribution in [3.63, 3.8) is 0 Å². The van der Waals surface area contributed by atoms with Crippen molar-refractivity contribution in [3.05, 3.63) is 0 Å². The van der Waals surface area contributed by atoms with Crippen LogP contribution in [-0.4, -0.2) is 35.6 Å². The minimum atomic E-state index is 0.929. The molecule has 8 heavy (non-hydrogen) atoms. The molecule has 48 valence electrons. The van der Waals surface area contributed by atoms with Gasteiger partial charge in [-0.3, -0.25) is 4.90 Å². The van der Waals surface area contributed by atoms with E-state index in [0.717, 1.165) is 26.3 Å². The monoisotopic (exact) mass is 134 g/mol. The van der Waals surface area contributed by atoms with Crippen LogP contribution in [0.1, 0.15) is 6.92 Å². The van der Waals surface area contributed by atoms with Crippen molar-refractivity contribution >= 4 is 11.8 Å². The Morgan fingerprint density at radius 1 is 1.50 bits per heavy atom. The molecule has 1 aliphatic rings. The summed E-state index contributed by atoms with van der Waals surface area (Å²) in [4.78, 5) is 2.30. The zero-order valence-electron chi connectivity index (χ0n) is 5.10. The van der Waals surface area contributed by atoms with E-state index in [-0.39, 0.29) is 0 Å². The summed E-state index contributed by atoms with van der Waals surface area (Å²) in [6.07, 6.45) is 0. The van der Waals surface area contributed by atoms with Crippen molar-refractivity contribution in [3.8, 4) is 0 Å². The number of hydrogen-bond acceptors (Lipinski definition) is 2. The van der Waals surface area contributed by atoms with Crippen molar-refractivity contribution < 1.29 is 0 Å². The summed E-state index contributed by atoms with van der Waals surface area (Å²) in [7, 11) is 0. The van der Waals surface area contributed by atoms with Crippen LogP contribution in [-0.2, 0) is 0 Å². The van der Waals surface area contributed by atoms with Crippen LogP contribution in [0.25, 0.3) is 0 Å². The molecule has 0 aromatic carbocycles. The summed E-state index contributed by atoms with van der Waals surface area (Å²) < 4.78 is 1.81. The Morgan fingerprint density at radius 2 is 2.25 bits per heavy atom. The summed E-state index contributed by atoms with van der Waals surface area (Å²) in [5.74, 6) is 0. The second-order valence-corrected chi connectivity index (χ2v) is 2.52. The molecule has 0 atom stereocenters. The summed E-state index contributed by atoms with van der Waals surface area (Å²) in [5, 5.41) is 0. The lowest BCUT2D eigenvalue weighted by Crippen LogP contribution is -2.20. The average Bonchev–Trinajstić information content (AvgIpc) is 2.14. The Labute approximate surface area is 55.1 Å². The Kier molecular flexibility index (Phi) is 2.11. The van der Waals surface area contributed by atoms with Crippen LogP contribution < -0.4 is 0 Å². The Bertz CT molecular complexity index is 76.8. The first-order chi connectivity index (χ1) is 3.83. The highest BCUT2D eigenvalue weighted by molar-refractivity contribution is 6.13. The first-order valence-electron chi connectivity index (χ1n) is 2.96. The van der Waals surface area contributed by atoms with Crippen LogP contribution in [0.4, 0.5) is 0 Å². The summed E-state index contributed by atoms with van der Waals surface area (Å²) in [5.41, 5.74) is 0. The van der Waals surface area contributed by atoms with Gasteiger partial charge in [-0.15, -0.1) is 0 Å². The fourth-order valence-electron chi connectivity index (χ4n) is 0.866. The maximum Gasteiger partial charge on any atom is 0.0654 e. The van der Waals surface area contributed by atoms with Crippen LogP contribution in [0.5, 0.6) is 0 Å². The van der Waals surface area contributed by atoms with Gasteiger partial charge in [-0.25, -0.2) is 4.42 Å². The highest BCUT2D eigenvalue weighted by atomic mass is 35.5. The van der Waals surface area contributed by atoms with E-state index >= 15 is 0 Å². The Hall–Kier alpha value is 0.210. The van der Waals surface area contributed by atoms with Gasteiger partial charge < -0.3 is 0 Å². The Morgan fingerprint density at radius 3 is 2.50 bits per heavy atom. The van der Waals surface area contributed by atoms with Gasteiger partial charge in [0.25, 0.3) is 0 Å². The van der Waals surface area contributed by atoms with Gasteiger partial charge in [-0.2, -0.15) is 0 Å². The molecule has 0 amide bonds. The third-order valence-corrected chi connectivity index (χ3v) is 1.74. The van der Waals surface area contributed by atoms with Crippen molar-refractivity contribution in [2.24, 2.45) is 0 Å². The van der Waals surface area contributed by atoms with Gasteiger partial charge in [0.2, 0.25) is 0 Å². The molecule has 0 N–H and O–H groups in total. The number of nitrogens with zero attached hydrogens (tertiary/aromatic N) is 2. The van der Waals surface area contributed by atoms with Gasteiger partial charge in [-0.1, -0.05) is 6.92 Å². The lowest BCUT2D eigenvalue weighted by Gasteiger charge is -2.09. The van der Waals surface area contributed by atoms with E-state index in [4.69, 9.17) is 11.8 Å². The molecule has 3 heteroatoms. The maximum absolute atomic E-state index is 5.68. The van der Waals surface area contributed by atoms with Crippen LogP contribution in [0.3, 0.4) is 0 Å². The zero-order valence-corrected chi connectivity index (χ0v) is 5.86. The fourth-order valence-corrected chi connectivity index (χ4v) is 1.09. The molecule has 0 aromatic rings. The molecule has 1 fully saturated rings. The molecule has 0 aromatic heterocycles. The molecular formula is C5H11ClN2. The third kappa shape index (κ3) is 1.34. The number of likely N-dealkylation sites (N-methyl/N-ethyl adjacent to an activating group) is 1. The lowest BCUT2D eigenvalue weighted by molar-refractivity contribution is 0.324. The first kappa shape index (κ1) is 6.33. The van der Waals surface area contributed by atoms with E-state index in [1.807, 2.05) is 4.42 Å². The van der Waals surface area contributed by atoms with Crippen molar-refractivity contribution in [1.82, 2.24) is 9.32 Å². The number of rotatable bonds is 1. The highest BCUT2D eigenvalue weighted by Gasteiger charge is 2.14. The maximum atomic E-state index is 5.68. The van der Waals surface area contributed by atoms with E-state index in [1.165, 1.54) is 0 Å². The lowest BCUT2D eigenvalue weighted by atomic mass is 10.6. The highest BCUT2D eigenvalue weighted by Crippen LogP contribution is 2.05. The predicted octanol–water partition coefficient (Wildman–Crippen LogP) is 0.735. The van der Waals surface area contributed by atoms with Gasteiger partial charge in [0.05, 0.1) is 6.67 Å². The molecule has 0 saturated carbocycles. The molecule has 2 nitrogen and oxygen atoms in total. The van der Waals surface area contributed by atoms with Crippen LogP contribution in [0.2, 0.25) is 0 Å². The van der Waals surface area contributed by atoms with Gasteiger partial charge in [0.15, 0.2) is 0 Å². The summed E-state index contributed by atoms with van der Waals surface area (Å²) >= 11 is 5.68. The molecule has 0 spiro atoms. The second kappa shape index (κ2) is 2.67. The summed E-state index contributed by atoms with van der Waals surface area (Å²) in [6.45, 7) is 6.33. The van der Waals surface area contributed by atoms with Crippen molar-refractivity contribution in [1.29, 1.82) is 0 Å². The fraction of sp³-hybridized carbons (Fsp3) is 1.00. The van der Waals surface area contributed by atoms with Gasteiger partial charge in [0.1, 0.15) is 0 Å². The molecule has 0 aliphatic carbocycles. The molecule has 0 unspecified atom stereocenters. The quantitative estimate of drug-likeness (QED) is 0.488. The number of hydrogen-bond donors (Lipinski definition) is 0. The van der Waals surface area contributed by atoms with E-state index in [2.05, 4.69) is 11.8 Å². The van der Waals surface area contributed by atoms with Crippen molar-refractivity contribution in [2.45, 2.75) is 6.92 Å². The molecular weight excluding hydrogens is 124 g/mol. The smallest absolute Gasteiger partial charge is 0.0654 e. The van der Waals surface area contributed by atoms with Gasteiger partial charge in [0, 0.05) is 13.1 Å². The minimum Gasteiger partial charge on any atom is -0.288 e. The predicted molar refractivity (Wildman–Crippen MR) is 34.7 cm³/mol. The Balaban J connectivity index is 2.22. The van der Waals surface area contributed by atoms with E-state index < -0.39 is 0 Å². The van der Waals surface area contributed by atoms with E-state index in [9.17, 15) is 0 Å². The third-order valence-electron chi connectivity index (χ3n) is 1.46. The van der Waals surface area contributed by atoms with Gasteiger partial charge >= 0.3 is 0 Å². The van der Waals surface area contributed by atoms with Crippen LogP contribution in [0, 0.1) is 0 Å². The molecule has 0 radical (unpaired) electrons. The molecule has 0 bridgehead atoms. The SMILES string of the molecule is CCN1CCN(Cl)C1. The summed E-state index contributed by atoms with van der Waals surface area (Å²) in [6, 6.07) is 0. The van der Waals surface area contributed by atoms with E-state index in [1.54, 1.807) is 0 Å². The van der Waals surface area contributed by atoms with Crippen molar-refractivity contribution in [2.75, 3.05) is 26.3 Å². The van der Waals surface area contributed by atoms with Crippen LogP contribution >= 0.6 is 11.8 Å². The number of halogens is 1. The molecule has 1 aliphatic heterocycles. The minimum absolute atomic E-state index is 0.929. The molecule has 1 saturated heterocycles. The standard InChI is InChI=1S/C5H11ClN2/c1-2-7-3-4-8(6)5-7/h2-5H2,1H3. The molecule has 1 rings (SSSR count). The van der Waals surface area contributed by atoms with Gasteiger partial charge in [-0.05, 0) is 18.3 Å². The van der Waals surface area contributed by atoms with E-state index in [0.29, 0.717) is 0 Å². The topological polar surface area (TPSA) is 6.48 Å². The molecule has 1 heterocycles.